The van der Waals surface area contributed by atoms with Gasteiger partial charge in [0.15, 0.2) is 6.10 Å². The van der Waals surface area contributed by atoms with Crippen molar-refractivity contribution in [3.8, 4) is 0 Å². The number of esters is 1. The van der Waals surface area contributed by atoms with E-state index in [-0.39, 0.29) is 17.5 Å². The molecular formula is C17H31BrO3Si. The standard InChI is InChI=1S/C17H31BrO3Si/c1-8-9-10-20-16(19)14-15(22(5,6)7)12(18)11-13(21-14)17(2,3)4/h13-14H,8-11H2,1-7H3/t13-,14-/m0/s1. The Labute approximate surface area is 145 Å². The molecule has 0 bridgehead atoms. The van der Waals surface area contributed by atoms with Crippen LogP contribution in [0.2, 0.25) is 19.6 Å². The molecule has 0 aromatic rings. The minimum absolute atomic E-state index is 0.00800. The van der Waals surface area contributed by atoms with Crippen LogP contribution in [0, 0.1) is 5.41 Å². The van der Waals surface area contributed by atoms with Gasteiger partial charge < -0.3 is 9.47 Å². The zero-order valence-electron chi connectivity index (χ0n) is 15.1. The second-order valence-electron chi connectivity index (χ2n) is 8.16. The molecule has 1 heterocycles. The van der Waals surface area contributed by atoms with Gasteiger partial charge in [-0.1, -0.05) is 69.7 Å². The van der Waals surface area contributed by atoms with Gasteiger partial charge in [0, 0.05) is 6.42 Å². The normalized spacial score (nSPS) is 23.6. The van der Waals surface area contributed by atoms with Crippen molar-refractivity contribution in [2.45, 2.75) is 78.8 Å². The topological polar surface area (TPSA) is 35.5 Å². The minimum Gasteiger partial charge on any atom is -0.464 e. The van der Waals surface area contributed by atoms with Crippen molar-refractivity contribution in [2.24, 2.45) is 5.41 Å². The van der Waals surface area contributed by atoms with Gasteiger partial charge >= 0.3 is 5.97 Å². The monoisotopic (exact) mass is 390 g/mol. The van der Waals surface area contributed by atoms with Crippen molar-refractivity contribution >= 4 is 30.0 Å². The molecule has 0 fully saturated rings. The lowest BCUT2D eigenvalue weighted by atomic mass is 9.85. The lowest BCUT2D eigenvalue weighted by Crippen LogP contribution is -2.47. The second-order valence-corrected chi connectivity index (χ2v) is 14.2. The summed E-state index contributed by atoms with van der Waals surface area (Å²) in [6.07, 6.45) is 2.22. The van der Waals surface area contributed by atoms with Gasteiger partial charge in [-0.2, -0.15) is 0 Å². The van der Waals surface area contributed by atoms with Crippen LogP contribution < -0.4 is 0 Å². The summed E-state index contributed by atoms with van der Waals surface area (Å²) in [6.45, 7) is 15.8. The van der Waals surface area contributed by atoms with Crippen molar-refractivity contribution < 1.29 is 14.3 Å². The van der Waals surface area contributed by atoms with Crippen molar-refractivity contribution in [3.63, 3.8) is 0 Å². The second kappa shape index (κ2) is 7.62. The molecule has 22 heavy (non-hydrogen) atoms. The van der Waals surface area contributed by atoms with E-state index in [1.54, 1.807) is 0 Å². The Hall–Kier alpha value is -0.133. The number of hydrogen-bond acceptors (Lipinski definition) is 3. The van der Waals surface area contributed by atoms with Crippen LogP contribution in [0.5, 0.6) is 0 Å². The van der Waals surface area contributed by atoms with Gasteiger partial charge in [0.05, 0.1) is 20.8 Å². The molecule has 0 aliphatic carbocycles. The molecule has 1 aliphatic rings. The van der Waals surface area contributed by atoms with Crippen molar-refractivity contribution in [3.05, 3.63) is 9.68 Å². The first-order valence-electron chi connectivity index (χ1n) is 8.19. The van der Waals surface area contributed by atoms with Crippen LogP contribution in [-0.2, 0) is 14.3 Å². The van der Waals surface area contributed by atoms with Crippen LogP contribution in [0.3, 0.4) is 0 Å². The fourth-order valence-electron chi connectivity index (χ4n) is 2.57. The summed E-state index contributed by atoms with van der Waals surface area (Å²) < 4.78 is 12.8. The molecule has 1 aliphatic heterocycles. The molecule has 128 valence electrons. The minimum atomic E-state index is -1.67. The summed E-state index contributed by atoms with van der Waals surface area (Å²) in [6, 6.07) is 0. The number of ether oxygens (including phenoxy) is 2. The van der Waals surface area contributed by atoms with Crippen LogP contribution in [0.1, 0.15) is 47.0 Å². The molecule has 0 aromatic heterocycles. The maximum atomic E-state index is 12.6. The van der Waals surface area contributed by atoms with E-state index in [0.717, 1.165) is 28.9 Å². The average Bonchev–Trinajstić information content (AvgIpc) is 2.35. The third kappa shape index (κ3) is 5.20. The highest BCUT2D eigenvalue weighted by molar-refractivity contribution is 9.11. The van der Waals surface area contributed by atoms with Gasteiger partial charge in [-0.05, 0) is 21.5 Å². The maximum absolute atomic E-state index is 12.6. The Bertz CT molecular complexity index is 432. The maximum Gasteiger partial charge on any atom is 0.339 e. The smallest absolute Gasteiger partial charge is 0.339 e. The molecular weight excluding hydrogens is 360 g/mol. The molecule has 0 unspecified atom stereocenters. The molecule has 0 saturated carbocycles. The van der Waals surface area contributed by atoms with E-state index in [4.69, 9.17) is 9.47 Å². The van der Waals surface area contributed by atoms with Crippen LogP contribution in [0.15, 0.2) is 9.68 Å². The number of halogens is 1. The van der Waals surface area contributed by atoms with E-state index in [2.05, 4.69) is 63.3 Å². The predicted molar refractivity (Wildman–Crippen MR) is 97.9 cm³/mol. The summed E-state index contributed by atoms with van der Waals surface area (Å²) in [5.74, 6) is -0.225. The van der Waals surface area contributed by atoms with Gasteiger partial charge in [0.1, 0.15) is 0 Å². The lowest BCUT2D eigenvalue weighted by Gasteiger charge is -2.41. The highest BCUT2D eigenvalue weighted by Crippen LogP contribution is 2.41. The molecule has 0 saturated heterocycles. The number of carbonyl (C=O) groups is 1. The summed E-state index contributed by atoms with van der Waals surface area (Å²) in [7, 11) is -1.67. The summed E-state index contributed by atoms with van der Waals surface area (Å²) in [5.41, 5.74) is -0.00800. The van der Waals surface area contributed by atoms with Gasteiger partial charge in [0.25, 0.3) is 0 Å². The molecule has 1 rings (SSSR count). The van der Waals surface area contributed by atoms with Gasteiger partial charge in [-0.3, -0.25) is 0 Å². The third-order valence-corrected chi connectivity index (χ3v) is 7.25. The SMILES string of the molecule is CCCCOC(=O)[C@H]1O[C@H](C(C)(C)C)CC(Br)=C1[Si](C)(C)C. The van der Waals surface area contributed by atoms with Crippen LogP contribution in [0.25, 0.3) is 0 Å². The Kier molecular flexibility index (Phi) is 6.90. The largest absolute Gasteiger partial charge is 0.464 e. The molecule has 0 amide bonds. The first-order valence-corrected chi connectivity index (χ1v) is 12.5. The number of rotatable bonds is 5. The van der Waals surface area contributed by atoms with E-state index in [1.165, 1.54) is 0 Å². The van der Waals surface area contributed by atoms with Gasteiger partial charge in [-0.15, -0.1) is 0 Å². The van der Waals surface area contributed by atoms with Crippen molar-refractivity contribution in [1.29, 1.82) is 0 Å². The molecule has 5 heteroatoms. The quantitative estimate of drug-likeness (QED) is 0.373. The zero-order chi connectivity index (χ0) is 17.1. The zero-order valence-corrected chi connectivity index (χ0v) is 17.7. The number of carbonyl (C=O) groups excluding carboxylic acids is 1. The molecule has 0 radical (unpaired) electrons. The Morgan fingerprint density at radius 1 is 1.36 bits per heavy atom. The molecule has 3 nitrogen and oxygen atoms in total. The Morgan fingerprint density at radius 3 is 2.41 bits per heavy atom. The Morgan fingerprint density at radius 2 is 1.95 bits per heavy atom. The van der Waals surface area contributed by atoms with Crippen LogP contribution in [0.4, 0.5) is 0 Å². The third-order valence-electron chi connectivity index (χ3n) is 3.95. The number of unbranched alkanes of at least 4 members (excludes halogenated alkanes) is 1. The first-order chi connectivity index (χ1) is 9.98. The molecule has 0 spiro atoms. The summed E-state index contributed by atoms with van der Waals surface area (Å²) in [5, 5.41) is 1.15. The van der Waals surface area contributed by atoms with E-state index < -0.39 is 14.2 Å². The van der Waals surface area contributed by atoms with Crippen LogP contribution in [-0.4, -0.2) is 32.9 Å². The van der Waals surface area contributed by atoms with Gasteiger partial charge in [-0.25, -0.2) is 4.79 Å². The molecule has 0 N–H and O–H groups in total. The fraction of sp³-hybridized carbons (Fsp3) is 0.824. The number of hydrogen-bond donors (Lipinski definition) is 0. The first kappa shape index (κ1) is 19.9. The highest BCUT2D eigenvalue weighted by atomic mass is 79.9. The molecule has 0 aromatic carbocycles. The van der Waals surface area contributed by atoms with E-state index in [0.29, 0.717) is 6.61 Å². The van der Waals surface area contributed by atoms with Gasteiger partial charge in [0.2, 0.25) is 0 Å². The van der Waals surface area contributed by atoms with E-state index in [1.807, 2.05) is 0 Å². The molecule has 2 atom stereocenters. The highest BCUT2D eigenvalue weighted by Gasteiger charge is 2.43. The average molecular weight is 391 g/mol. The van der Waals surface area contributed by atoms with Crippen LogP contribution >= 0.6 is 15.9 Å². The fourth-order valence-corrected chi connectivity index (χ4v) is 6.75. The summed E-state index contributed by atoms with van der Waals surface area (Å²) >= 11 is 3.74. The van der Waals surface area contributed by atoms with Crippen molar-refractivity contribution in [2.75, 3.05) is 6.61 Å². The Balaban J connectivity index is 3.06. The van der Waals surface area contributed by atoms with E-state index >= 15 is 0 Å². The summed E-state index contributed by atoms with van der Waals surface area (Å²) in [4.78, 5) is 12.6. The predicted octanol–water partition coefficient (Wildman–Crippen LogP) is 5.06. The lowest BCUT2D eigenvalue weighted by molar-refractivity contribution is -0.162. The van der Waals surface area contributed by atoms with E-state index in [9.17, 15) is 4.79 Å². The van der Waals surface area contributed by atoms with Crippen molar-refractivity contribution in [1.82, 2.24) is 0 Å².